The minimum atomic E-state index is -3.73. The SMILES string of the molecule is Cc1ccc(NC(=O)NC23CC4CC(C2)C(C(O)CC2c5ccccc5-c5cncn52)C(C4)C3)cc1.NS(=O)(=O)NC12CC3CC(C1)C(C(O)CC1c4ccccc4-c4cncn41)C(C3)C2.O=C(Nc1ccccc1)NC12CC3CC(C1)C(C(O)CC1c4ccccc4-c4cncn41)C(C3)C2.O=C(Nc1cccnc1)NC12CC3CC(C1)C(C(O)CC1c4ccccc4-c4cncn41)C(C3)C2. The van der Waals surface area contributed by atoms with Crippen LogP contribution in [0.5, 0.6) is 0 Å². The number of hydrogen-bond acceptors (Lipinski definition) is 14. The molecule has 6 amide bonds. The van der Waals surface area contributed by atoms with Gasteiger partial charge in [-0.1, -0.05) is 133 Å². The van der Waals surface area contributed by atoms with Crippen molar-refractivity contribution >= 4 is 45.4 Å². The highest BCUT2D eigenvalue weighted by molar-refractivity contribution is 7.87. The summed E-state index contributed by atoms with van der Waals surface area (Å²) < 4.78 is 35.2. The molecule has 13 N–H and O–H groups in total. The minimum Gasteiger partial charge on any atom is -0.393 e. The number of fused-ring (bicyclic) bond motifs is 12. The number of nitrogens with zero attached hydrogens (tertiary/aromatic N) is 9. The average molecular weight is 1850 g/mol. The van der Waals surface area contributed by atoms with E-state index in [2.05, 4.69) is 171 Å². The molecule has 11 aromatic rings. The third-order valence-corrected chi connectivity index (χ3v) is 36.9. The van der Waals surface area contributed by atoms with Crippen LogP contribution < -0.4 is 41.8 Å². The van der Waals surface area contributed by atoms with Gasteiger partial charge in [0.15, 0.2) is 0 Å². The van der Waals surface area contributed by atoms with Gasteiger partial charge < -0.3 is 70.6 Å². The number of rotatable bonds is 20. The van der Waals surface area contributed by atoms with Gasteiger partial charge in [-0.25, -0.2) is 39.5 Å². The Kier molecular flexibility index (Phi) is 22.2. The first-order chi connectivity index (χ1) is 66.0. The van der Waals surface area contributed by atoms with Gasteiger partial charge in [0.1, 0.15) is 0 Å². The van der Waals surface area contributed by atoms with E-state index in [1.807, 2.05) is 130 Å². The standard InChI is InChI=1S/C30H34N4O2.C29H32N4O2.C28H31N5O2.C22H28N4O3S/c1-18-6-8-22(9-7-18)32-29(36)33-30-13-19-10-20(14-30)28(21(11-19)15-30)27(35)12-25-23-4-2-3-5-24(23)26-16-31-17-34(25)26;34-26(12-24-22-8-4-5-9-23(22)25-16-30-17-33(24)25)27-19-10-18-11-20(27)15-29(13-18,14-19)32-28(35)31-21-6-2-1-3-7-21;34-25(10-23-21-5-1-2-6-22(21)24-15-30-16-33(23)24)26-18-8-17-9-19(26)13-28(11-17,12-18)32-27(35)31-20-4-3-7-29-14-20;23-30(28,29)25-22-8-13-5-14(9-22)21(15(6-13)10-22)20(27)7-18-16-3-1-2-4-17(16)19-11-24-12-26(18)19/h2-9,16-17,19-21,25,27-28,35H,10-15H2,1H3,(H2,32,33,36);1-9,16-20,24,26-27,34H,10-15H2,(H2,31,32,35);1-7,14-19,23,25-26,34H,8-13H2,(H2,31,32,35);1-4,11-15,18,20-21,25,27H,5-10H2,(H2,23,28,29). The van der Waals surface area contributed by atoms with Crippen molar-refractivity contribution in [2.24, 2.45) is 99.8 Å². The number of nitrogens with two attached hydrogens (primary N) is 1. The van der Waals surface area contributed by atoms with E-state index in [0.29, 0.717) is 107 Å². The van der Waals surface area contributed by atoms with Crippen LogP contribution in [0.15, 0.2) is 226 Å². The highest BCUT2D eigenvalue weighted by Gasteiger charge is 2.63. The molecule has 4 aliphatic heterocycles. The van der Waals surface area contributed by atoms with Gasteiger partial charge in [-0.05, 0) is 314 Å². The van der Waals surface area contributed by atoms with E-state index in [1.54, 1.807) is 12.4 Å². The number of aliphatic hydroxyl groups is 4. The predicted octanol–water partition coefficient (Wildman–Crippen LogP) is 17.6. The van der Waals surface area contributed by atoms with Crippen molar-refractivity contribution in [3.8, 4) is 45.0 Å². The Morgan fingerprint density at radius 1 is 0.346 bits per heavy atom. The molecule has 9 heterocycles. The zero-order chi connectivity index (χ0) is 92.3. The van der Waals surface area contributed by atoms with Crippen molar-refractivity contribution in [3.63, 3.8) is 0 Å². The van der Waals surface area contributed by atoms with E-state index in [4.69, 9.17) is 5.14 Å². The van der Waals surface area contributed by atoms with Gasteiger partial charge in [-0.15, -0.1) is 0 Å². The maximum Gasteiger partial charge on any atom is 0.319 e. The smallest absolute Gasteiger partial charge is 0.319 e. The molecule has 27 heteroatoms. The number of para-hydroxylation sites is 1. The van der Waals surface area contributed by atoms with Crippen molar-refractivity contribution in [3.05, 3.63) is 254 Å². The van der Waals surface area contributed by atoms with Crippen LogP contribution in [-0.4, -0.2) is 137 Å². The lowest BCUT2D eigenvalue weighted by atomic mass is 9.48. The fourth-order valence-electron chi connectivity index (χ4n) is 32.7. The molecule has 5 aromatic heterocycles. The van der Waals surface area contributed by atoms with Gasteiger partial charge in [0.2, 0.25) is 0 Å². The van der Waals surface area contributed by atoms with Crippen LogP contribution in [0.25, 0.3) is 45.0 Å². The lowest BCUT2D eigenvalue weighted by Gasteiger charge is -2.61. The van der Waals surface area contributed by atoms with Crippen molar-refractivity contribution in [1.29, 1.82) is 0 Å². The van der Waals surface area contributed by atoms with Gasteiger partial charge in [-0.3, -0.25) is 4.98 Å². The molecule has 16 atom stereocenters. The lowest BCUT2D eigenvalue weighted by molar-refractivity contribution is -0.108. The van der Waals surface area contributed by atoms with E-state index in [1.165, 1.54) is 88.6 Å². The number of urea groups is 3. The summed E-state index contributed by atoms with van der Waals surface area (Å²) in [5, 5.41) is 70.9. The number of anilines is 3. The Hall–Kier alpha value is -11.2. The molecule has 26 nitrogen and oxygen atoms in total. The van der Waals surface area contributed by atoms with Gasteiger partial charge in [0, 0.05) is 62.0 Å². The van der Waals surface area contributed by atoms with E-state index in [9.17, 15) is 43.2 Å². The van der Waals surface area contributed by atoms with Crippen molar-refractivity contribution in [2.45, 2.75) is 232 Å². The van der Waals surface area contributed by atoms with E-state index in [0.717, 1.165) is 137 Å². The zero-order valence-electron chi connectivity index (χ0n) is 77.0. The molecular formula is C109H125N17O9S. The molecule has 16 bridgehead atoms. The molecule has 16 unspecified atom stereocenters. The lowest BCUT2D eigenvalue weighted by Crippen LogP contribution is -2.64. The highest BCUT2D eigenvalue weighted by atomic mass is 32.2. The van der Waals surface area contributed by atoms with Crippen LogP contribution in [0.2, 0.25) is 0 Å². The van der Waals surface area contributed by atoms with Crippen LogP contribution in [-0.2, 0) is 10.2 Å². The Morgan fingerprint density at radius 2 is 0.618 bits per heavy atom. The molecule has 31 rings (SSSR count). The average Bonchev–Trinajstić information content (AvgIpc) is 1.45. The minimum absolute atomic E-state index is 0.0994. The molecule has 20 aliphatic rings. The summed E-state index contributed by atoms with van der Waals surface area (Å²) in [6.45, 7) is 2.05. The molecule has 0 spiro atoms. The number of nitrogens with one attached hydrogen (secondary N) is 7. The number of carbonyl (C=O) groups excluding carboxylic acids is 3. The molecule has 16 aliphatic carbocycles. The second-order valence-corrected chi connectivity index (χ2v) is 45.8. The van der Waals surface area contributed by atoms with Crippen molar-refractivity contribution in [1.82, 2.24) is 63.9 Å². The summed E-state index contributed by atoms with van der Waals surface area (Å²) in [4.78, 5) is 60.2. The number of aromatic nitrogens is 9. The molecule has 136 heavy (non-hydrogen) atoms. The van der Waals surface area contributed by atoms with Gasteiger partial charge in [0.25, 0.3) is 10.2 Å². The second kappa shape index (κ2) is 34.5. The Labute approximate surface area is 794 Å². The maximum atomic E-state index is 13.0. The van der Waals surface area contributed by atoms with Gasteiger partial charge in [0.05, 0.1) is 133 Å². The normalized spacial score (nSPS) is 33.5. The summed E-state index contributed by atoms with van der Waals surface area (Å²) in [5.74, 6) is 7.05. The monoisotopic (exact) mass is 1850 g/mol. The fourth-order valence-corrected chi connectivity index (χ4v) is 33.5. The van der Waals surface area contributed by atoms with Crippen LogP contribution in [0, 0.1) is 102 Å². The first-order valence-electron chi connectivity index (χ1n) is 50.2. The number of hydrogen-bond donors (Lipinski definition) is 12. The summed E-state index contributed by atoms with van der Waals surface area (Å²) in [5.41, 5.74) is 17.3. The van der Waals surface area contributed by atoms with Gasteiger partial charge in [-0.2, -0.15) is 13.1 Å². The van der Waals surface area contributed by atoms with Crippen LogP contribution in [0.4, 0.5) is 31.4 Å². The largest absolute Gasteiger partial charge is 0.393 e. The number of aryl methyl sites for hydroxylation is 1. The van der Waals surface area contributed by atoms with Crippen LogP contribution >= 0.6 is 0 Å². The molecule has 706 valence electrons. The number of aliphatic hydroxyl groups excluding tert-OH is 4. The summed E-state index contributed by atoms with van der Waals surface area (Å²) >= 11 is 0. The fraction of sp³-hybridized carbons (Fsp3) is 0.486. The molecular weight excluding hydrogens is 1720 g/mol. The third-order valence-electron chi connectivity index (χ3n) is 36.2. The van der Waals surface area contributed by atoms with Crippen LogP contribution in [0.3, 0.4) is 0 Å². The molecule has 6 aromatic carbocycles. The van der Waals surface area contributed by atoms with E-state index in [-0.39, 0.29) is 83.1 Å². The predicted molar refractivity (Wildman–Crippen MR) is 519 cm³/mol. The first kappa shape index (κ1) is 87.6. The number of imidazole rings is 4. The molecule has 0 radical (unpaired) electrons. The van der Waals surface area contributed by atoms with Crippen molar-refractivity contribution < 1.29 is 43.2 Å². The van der Waals surface area contributed by atoms with Crippen molar-refractivity contribution in [2.75, 3.05) is 16.0 Å². The van der Waals surface area contributed by atoms with E-state index >= 15 is 0 Å². The number of amides is 6. The van der Waals surface area contributed by atoms with Gasteiger partial charge >= 0.3 is 18.1 Å². The molecule has 16 saturated carbocycles. The molecule has 0 saturated heterocycles. The quantitative estimate of drug-likeness (QED) is 0.0338. The van der Waals surface area contributed by atoms with Crippen LogP contribution in [0.1, 0.15) is 206 Å². The highest BCUT2D eigenvalue weighted by Crippen LogP contribution is 2.65. The Morgan fingerprint density at radius 3 is 0.919 bits per heavy atom. The van der Waals surface area contributed by atoms with E-state index < -0.39 is 21.9 Å². The number of benzene rings is 6. The second-order valence-electron chi connectivity index (χ2n) is 44.5. The Balaban J connectivity index is 0.0000000993. The first-order valence-corrected chi connectivity index (χ1v) is 51.8. The topological polar surface area (TPSA) is 361 Å². The molecule has 16 fully saturated rings. The third kappa shape index (κ3) is 16.2. The Bertz CT molecular complexity index is 6180. The summed E-state index contributed by atoms with van der Waals surface area (Å²) in [7, 11) is -3.73. The summed E-state index contributed by atoms with van der Waals surface area (Å²) in [6.07, 6.45) is 40.7. The summed E-state index contributed by atoms with van der Waals surface area (Å²) in [6, 6.07) is 55.4. The number of pyridine rings is 1. The maximum absolute atomic E-state index is 13.0. The zero-order valence-corrected chi connectivity index (χ0v) is 77.8. The number of carbonyl (C=O) groups is 3.